The minimum Gasteiger partial charge on any atom is -0.383 e. The lowest BCUT2D eigenvalue weighted by Crippen LogP contribution is -1.92. The predicted molar refractivity (Wildman–Crippen MR) is 49.2 cm³/mol. The van der Waals surface area contributed by atoms with Crippen LogP contribution in [0.2, 0.25) is 0 Å². The van der Waals surface area contributed by atoms with Crippen LogP contribution in [0.5, 0.6) is 0 Å². The largest absolute Gasteiger partial charge is 0.383 e. The fourth-order valence-electron chi connectivity index (χ4n) is 0.833. The molecule has 0 saturated carbocycles. The summed E-state index contributed by atoms with van der Waals surface area (Å²) in [4.78, 5) is 7.83. The van der Waals surface area contributed by atoms with Gasteiger partial charge in [0, 0.05) is 0 Å². The van der Waals surface area contributed by atoms with E-state index in [-0.39, 0.29) is 0 Å². The third kappa shape index (κ3) is 0.934. The Morgan fingerprint density at radius 3 is 3.00 bits per heavy atom. The van der Waals surface area contributed by atoms with Gasteiger partial charge in [-0.05, 0) is 0 Å². The highest BCUT2D eigenvalue weighted by Crippen LogP contribution is 2.16. The van der Waals surface area contributed by atoms with Gasteiger partial charge in [0.1, 0.15) is 12.1 Å². The Hall–Kier alpha value is -0.920. The van der Waals surface area contributed by atoms with Crippen LogP contribution >= 0.6 is 22.9 Å². The molecule has 0 unspecified atom stereocenters. The molecule has 2 heterocycles. The van der Waals surface area contributed by atoms with E-state index >= 15 is 0 Å². The lowest BCUT2D eigenvalue weighted by Gasteiger charge is -1.91. The molecule has 11 heavy (non-hydrogen) atoms. The molecule has 0 radical (unpaired) electrons. The molecule has 2 N–H and O–H groups in total. The molecule has 2 aromatic heterocycles. The van der Waals surface area contributed by atoms with E-state index in [2.05, 4.69) is 15.1 Å². The summed E-state index contributed by atoms with van der Waals surface area (Å²) in [5.74, 6) is 0.470. The van der Waals surface area contributed by atoms with Gasteiger partial charge in [-0.1, -0.05) is 0 Å². The van der Waals surface area contributed by atoms with Gasteiger partial charge in [-0.25, -0.2) is 9.97 Å². The second-order valence-electron chi connectivity index (χ2n) is 2.00. The molecule has 0 amide bonds. The van der Waals surface area contributed by atoms with Gasteiger partial charge in [0.2, 0.25) is 0 Å². The first-order valence-corrected chi connectivity index (χ1v) is 3.86. The molecule has 2 aromatic rings. The highest BCUT2D eigenvalue weighted by atomic mass is 127. The molecule has 0 bridgehead atoms. The second-order valence-corrected chi connectivity index (χ2v) is 2.91. The lowest BCUT2D eigenvalue weighted by atomic mass is 10.4. The van der Waals surface area contributed by atoms with Crippen LogP contribution in [0.1, 0.15) is 0 Å². The molecule has 5 nitrogen and oxygen atoms in total. The van der Waals surface area contributed by atoms with Crippen LogP contribution in [0.25, 0.3) is 11.0 Å². The highest BCUT2D eigenvalue weighted by Gasteiger charge is 2.03. The molecule has 2 rings (SSSR count). The van der Waals surface area contributed by atoms with Gasteiger partial charge in [0.05, 0.1) is 34.4 Å². The first-order valence-electron chi connectivity index (χ1n) is 2.89. The first kappa shape index (κ1) is 6.77. The molecule has 0 atom stereocenters. The summed E-state index contributed by atoms with van der Waals surface area (Å²) < 4.78 is 1.63. The van der Waals surface area contributed by atoms with Gasteiger partial charge >= 0.3 is 0 Å². The standard InChI is InChI=1S/C5H4IN5/c6-11-5-3(1-10-11)4(7)8-2-9-5/h1-2H,(H2,7,8,9). The van der Waals surface area contributed by atoms with E-state index < -0.39 is 0 Å². The van der Waals surface area contributed by atoms with Crippen molar-refractivity contribution in [3.8, 4) is 0 Å². The first-order chi connectivity index (χ1) is 5.29. The van der Waals surface area contributed by atoms with Crippen LogP contribution in [0.4, 0.5) is 5.82 Å². The van der Waals surface area contributed by atoms with Crippen molar-refractivity contribution in [2.45, 2.75) is 0 Å². The van der Waals surface area contributed by atoms with Crippen molar-refractivity contribution in [1.82, 2.24) is 18.0 Å². The van der Waals surface area contributed by atoms with E-state index in [0.717, 1.165) is 11.0 Å². The maximum atomic E-state index is 5.56. The number of nitrogen functional groups attached to an aromatic ring is 1. The van der Waals surface area contributed by atoms with E-state index in [1.807, 2.05) is 22.9 Å². The molecule has 0 aliphatic rings. The highest BCUT2D eigenvalue weighted by molar-refractivity contribution is 14.1. The number of halogens is 1. The Bertz CT molecular complexity index is 395. The number of rotatable bonds is 0. The average molecular weight is 261 g/mol. The molecule has 0 aromatic carbocycles. The minimum absolute atomic E-state index is 0.470. The zero-order valence-electron chi connectivity index (χ0n) is 5.40. The van der Waals surface area contributed by atoms with Crippen LogP contribution in [-0.2, 0) is 0 Å². The number of nitrogens with zero attached hydrogens (tertiary/aromatic N) is 4. The number of hydrogen-bond donors (Lipinski definition) is 1. The van der Waals surface area contributed by atoms with Crippen molar-refractivity contribution in [1.29, 1.82) is 0 Å². The van der Waals surface area contributed by atoms with Crippen LogP contribution in [-0.4, -0.2) is 18.0 Å². The maximum absolute atomic E-state index is 5.56. The van der Waals surface area contributed by atoms with E-state index in [4.69, 9.17) is 5.73 Å². The Morgan fingerprint density at radius 2 is 2.27 bits per heavy atom. The van der Waals surface area contributed by atoms with Gasteiger partial charge in [0.15, 0.2) is 5.65 Å². The van der Waals surface area contributed by atoms with Gasteiger partial charge < -0.3 is 5.73 Å². The Labute approximate surface area is 76.1 Å². The smallest absolute Gasteiger partial charge is 0.173 e. The van der Waals surface area contributed by atoms with Crippen molar-refractivity contribution in [2.24, 2.45) is 0 Å². The summed E-state index contributed by atoms with van der Waals surface area (Å²) >= 11 is 2.03. The maximum Gasteiger partial charge on any atom is 0.173 e. The molecule has 0 aliphatic carbocycles. The summed E-state index contributed by atoms with van der Waals surface area (Å²) in [6.45, 7) is 0. The fraction of sp³-hybridized carbons (Fsp3) is 0. The molecule has 6 heteroatoms. The molecular formula is C5H4IN5. The lowest BCUT2D eigenvalue weighted by molar-refractivity contribution is 1.06. The zero-order valence-corrected chi connectivity index (χ0v) is 7.56. The monoisotopic (exact) mass is 261 g/mol. The third-order valence-corrected chi connectivity index (χ3v) is 2.06. The number of aromatic nitrogens is 4. The Morgan fingerprint density at radius 1 is 1.45 bits per heavy atom. The minimum atomic E-state index is 0.470. The van der Waals surface area contributed by atoms with Gasteiger partial charge in [-0.3, -0.25) is 0 Å². The third-order valence-electron chi connectivity index (χ3n) is 1.36. The van der Waals surface area contributed by atoms with Crippen molar-refractivity contribution in [3.63, 3.8) is 0 Å². The second kappa shape index (κ2) is 2.29. The molecule has 0 saturated heterocycles. The Balaban J connectivity index is 2.94. The number of fused-ring (bicyclic) bond motifs is 1. The summed E-state index contributed by atoms with van der Waals surface area (Å²) in [5, 5.41) is 4.77. The Kier molecular flexibility index (Phi) is 1.41. The summed E-state index contributed by atoms with van der Waals surface area (Å²) in [7, 11) is 0. The van der Waals surface area contributed by atoms with Crippen LogP contribution in [0.15, 0.2) is 12.5 Å². The molecule has 0 fully saturated rings. The van der Waals surface area contributed by atoms with Crippen LogP contribution in [0, 0.1) is 0 Å². The SMILES string of the molecule is Nc1ncnc2c1cnn2I. The summed E-state index contributed by atoms with van der Waals surface area (Å²) in [6.07, 6.45) is 3.08. The normalized spacial score (nSPS) is 10.6. The van der Waals surface area contributed by atoms with Gasteiger partial charge in [0.25, 0.3) is 0 Å². The van der Waals surface area contributed by atoms with E-state index in [1.165, 1.54) is 6.33 Å². The van der Waals surface area contributed by atoms with E-state index in [1.54, 1.807) is 9.09 Å². The van der Waals surface area contributed by atoms with Gasteiger partial charge in [-0.15, -0.1) is 0 Å². The quantitative estimate of drug-likeness (QED) is 0.705. The number of anilines is 1. The van der Waals surface area contributed by atoms with Crippen LogP contribution < -0.4 is 5.73 Å². The predicted octanol–water partition coefficient (Wildman–Crippen LogP) is 0.607. The van der Waals surface area contributed by atoms with Crippen molar-refractivity contribution in [2.75, 3.05) is 5.73 Å². The van der Waals surface area contributed by atoms with Crippen molar-refractivity contribution >= 4 is 39.7 Å². The van der Waals surface area contributed by atoms with E-state index in [9.17, 15) is 0 Å². The molecule has 56 valence electrons. The fourth-order valence-corrected chi connectivity index (χ4v) is 1.34. The molecule has 0 aliphatic heterocycles. The van der Waals surface area contributed by atoms with Crippen LogP contribution in [0.3, 0.4) is 0 Å². The van der Waals surface area contributed by atoms with Gasteiger partial charge in [-0.2, -0.15) is 7.99 Å². The average Bonchev–Trinajstić information content (AvgIpc) is 2.35. The topological polar surface area (TPSA) is 69.6 Å². The molecule has 0 spiro atoms. The number of nitrogens with two attached hydrogens (primary N) is 1. The van der Waals surface area contributed by atoms with Crippen molar-refractivity contribution < 1.29 is 0 Å². The summed E-state index contributed by atoms with van der Waals surface area (Å²) in [6, 6.07) is 0. The molecular weight excluding hydrogens is 257 g/mol. The number of hydrogen-bond acceptors (Lipinski definition) is 4. The summed E-state index contributed by atoms with van der Waals surface area (Å²) in [5.41, 5.74) is 6.31. The zero-order chi connectivity index (χ0) is 7.84. The van der Waals surface area contributed by atoms with E-state index in [0.29, 0.717) is 5.82 Å². The van der Waals surface area contributed by atoms with Crippen molar-refractivity contribution in [3.05, 3.63) is 12.5 Å².